The van der Waals surface area contributed by atoms with Crippen molar-refractivity contribution in [1.29, 1.82) is 0 Å². The lowest BCUT2D eigenvalue weighted by molar-refractivity contribution is -0.153. The van der Waals surface area contributed by atoms with Gasteiger partial charge in [0.2, 0.25) is 5.91 Å². The number of hydrogen-bond acceptors (Lipinski definition) is 5. The molecule has 182 valence electrons. The van der Waals surface area contributed by atoms with Crippen molar-refractivity contribution in [2.75, 3.05) is 19.6 Å². The largest absolute Gasteiger partial charge is 0.459 e. The summed E-state index contributed by atoms with van der Waals surface area (Å²) in [7, 11) is 0. The molecule has 0 N–H and O–H groups in total. The number of esters is 1. The van der Waals surface area contributed by atoms with Crippen LogP contribution in [0.3, 0.4) is 0 Å². The summed E-state index contributed by atoms with van der Waals surface area (Å²) in [6.45, 7) is 6.24. The summed E-state index contributed by atoms with van der Waals surface area (Å²) in [5.41, 5.74) is 1.28. The molecule has 1 aliphatic rings. The number of carbonyl (C=O) groups is 3. The molecule has 1 fully saturated rings. The van der Waals surface area contributed by atoms with Gasteiger partial charge >= 0.3 is 12.1 Å². The average Bonchev–Trinajstić information content (AvgIpc) is 2.80. The highest BCUT2D eigenvalue weighted by Gasteiger charge is 2.38. The molecule has 0 radical (unpaired) electrons. The number of benzene rings is 2. The van der Waals surface area contributed by atoms with Gasteiger partial charge in [-0.15, -0.1) is 0 Å². The Bertz CT molecular complexity index is 956. The summed E-state index contributed by atoms with van der Waals surface area (Å²) in [4.78, 5) is 41.8. The second-order valence-corrected chi connectivity index (χ2v) is 9.47. The lowest BCUT2D eigenvalue weighted by atomic mass is 10.0. The SMILES string of the molecule is CC(C)(C)OC(=O)N(CCc1ccccc1)[C@H]1CCCN(CC(=O)OCc2ccccc2)C1=O. The fourth-order valence-corrected chi connectivity index (χ4v) is 3.89. The Balaban J connectivity index is 1.66. The maximum atomic E-state index is 13.3. The first-order chi connectivity index (χ1) is 16.2. The first-order valence-electron chi connectivity index (χ1n) is 11.7. The van der Waals surface area contributed by atoms with Crippen LogP contribution >= 0.6 is 0 Å². The fourth-order valence-electron chi connectivity index (χ4n) is 3.89. The molecular weight excluding hydrogens is 432 g/mol. The van der Waals surface area contributed by atoms with Crippen LogP contribution in [-0.4, -0.2) is 59.0 Å². The number of hydrogen-bond donors (Lipinski definition) is 0. The summed E-state index contributed by atoms with van der Waals surface area (Å²) in [6.07, 6.45) is 1.30. The van der Waals surface area contributed by atoms with Crippen LogP contribution in [0.1, 0.15) is 44.7 Å². The van der Waals surface area contributed by atoms with Gasteiger partial charge in [-0.1, -0.05) is 60.7 Å². The van der Waals surface area contributed by atoms with E-state index in [0.717, 1.165) is 11.1 Å². The van der Waals surface area contributed by atoms with Gasteiger partial charge in [-0.2, -0.15) is 0 Å². The monoisotopic (exact) mass is 466 g/mol. The Morgan fingerprint density at radius 1 is 1.00 bits per heavy atom. The van der Waals surface area contributed by atoms with Gasteiger partial charge in [-0.25, -0.2) is 4.79 Å². The Labute approximate surface area is 201 Å². The van der Waals surface area contributed by atoms with Crippen LogP contribution in [0.25, 0.3) is 0 Å². The van der Waals surface area contributed by atoms with E-state index in [9.17, 15) is 14.4 Å². The number of carbonyl (C=O) groups excluding carboxylic acids is 3. The van der Waals surface area contributed by atoms with Crippen LogP contribution < -0.4 is 0 Å². The molecule has 2 aromatic carbocycles. The van der Waals surface area contributed by atoms with Crippen LogP contribution in [0.5, 0.6) is 0 Å². The summed E-state index contributed by atoms with van der Waals surface area (Å²) in [6, 6.07) is 18.5. The van der Waals surface area contributed by atoms with E-state index in [1.54, 1.807) is 20.8 Å². The molecule has 7 nitrogen and oxygen atoms in total. The van der Waals surface area contributed by atoms with Crippen molar-refractivity contribution < 1.29 is 23.9 Å². The van der Waals surface area contributed by atoms with Crippen LogP contribution in [0.15, 0.2) is 60.7 Å². The summed E-state index contributed by atoms with van der Waals surface area (Å²) < 4.78 is 11.0. The highest BCUT2D eigenvalue weighted by molar-refractivity contribution is 5.89. The number of rotatable bonds is 8. The third-order valence-electron chi connectivity index (χ3n) is 5.55. The highest BCUT2D eigenvalue weighted by atomic mass is 16.6. The number of ether oxygens (including phenoxy) is 2. The Morgan fingerprint density at radius 2 is 1.62 bits per heavy atom. The van der Waals surface area contributed by atoms with E-state index >= 15 is 0 Å². The molecule has 1 atom stereocenters. The van der Waals surface area contributed by atoms with Crippen LogP contribution in [0.2, 0.25) is 0 Å². The van der Waals surface area contributed by atoms with E-state index in [1.807, 2.05) is 60.7 Å². The van der Waals surface area contributed by atoms with E-state index in [2.05, 4.69) is 0 Å². The van der Waals surface area contributed by atoms with Gasteiger partial charge in [0.05, 0.1) is 0 Å². The normalized spacial score (nSPS) is 16.1. The van der Waals surface area contributed by atoms with Gasteiger partial charge < -0.3 is 14.4 Å². The van der Waals surface area contributed by atoms with Crippen molar-refractivity contribution in [2.45, 2.75) is 58.3 Å². The van der Waals surface area contributed by atoms with Gasteiger partial charge in [0.1, 0.15) is 24.8 Å². The van der Waals surface area contributed by atoms with E-state index in [1.165, 1.54) is 9.80 Å². The summed E-state index contributed by atoms with van der Waals surface area (Å²) in [5, 5.41) is 0. The molecule has 1 heterocycles. The molecular formula is C27H34N2O5. The van der Waals surface area contributed by atoms with E-state index < -0.39 is 23.7 Å². The van der Waals surface area contributed by atoms with E-state index in [0.29, 0.717) is 32.4 Å². The first-order valence-corrected chi connectivity index (χ1v) is 11.7. The zero-order valence-corrected chi connectivity index (χ0v) is 20.2. The molecule has 0 spiro atoms. The van der Waals surface area contributed by atoms with E-state index in [-0.39, 0.29) is 19.1 Å². The minimum atomic E-state index is -0.680. The standard InChI is InChI=1S/C27H34N2O5/c1-27(2,3)34-26(32)29(18-16-21-11-6-4-7-12-21)23-15-10-17-28(25(23)31)19-24(30)33-20-22-13-8-5-9-14-22/h4-9,11-14,23H,10,15-20H2,1-3H3/t23-/m0/s1. The molecule has 0 aliphatic carbocycles. The molecule has 2 aromatic rings. The van der Waals surface area contributed by atoms with Gasteiger partial charge in [-0.3, -0.25) is 14.5 Å². The smallest absolute Gasteiger partial charge is 0.410 e. The van der Waals surface area contributed by atoms with Crippen LogP contribution in [0, 0.1) is 0 Å². The number of amides is 2. The van der Waals surface area contributed by atoms with Crippen LogP contribution in [0.4, 0.5) is 4.79 Å². The zero-order chi connectivity index (χ0) is 24.6. The van der Waals surface area contributed by atoms with Crippen molar-refractivity contribution in [1.82, 2.24) is 9.80 Å². The van der Waals surface area contributed by atoms with Gasteiger partial charge in [0, 0.05) is 13.1 Å². The minimum absolute atomic E-state index is 0.136. The molecule has 0 unspecified atom stereocenters. The van der Waals surface area contributed by atoms with Crippen LogP contribution in [-0.2, 0) is 32.1 Å². The summed E-state index contributed by atoms with van der Waals surface area (Å²) in [5.74, 6) is -0.715. The maximum Gasteiger partial charge on any atom is 0.410 e. The predicted molar refractivity (Wildman–Crippen MR) is 129 cm³/mol. The molecule has 7 heteroatoms. The number of likely N-dealkylation sites (tertiary alicyclic amines) is 1. The first kappa shape index (κ1) is 25.3. The van der Waals surface area contributed by atoms with E-state index in [4.69, 9.17) is 9.47 Å². The van der Waals surface area contributed by atoms with Crippen molar-refractivity contribution in [3.05, 3.63) is 71.8 Å². The number of piperidine rings is 1. The molecule has 0 bridgehead atoms. The Kier molecular flexibility index (Phi) is 8.68. The summed E-state index contributed by atoms with van der Waals surface area (Å²) >= 11 is 0. The number of nitrogens with zero attached hydrogens (tertiary/aromatic N) is 2. The second kappa shape index (κ2) is 11.7. The lowest BCUT2D eigenvalue weighted by Gasteiger charge is -2.38. The molecule has 1 aliphatic heterocycles. The van der Waals surface area contributed by atoms with Gasteiger partial charge in [-0.05, 0) is 51.2 Å². The Morgan fingerprint density at radius 3 is 2.24 bits per heavy atom. The average molecular weight is 467 g/mol. The molecule has 3 rings (SSSR count). The second-order valence-electron chi connectivity index (χ2n) is 9.47. The molecule has 2 amide bonds. The molecule has 34 heavy (non-hydrogen) atoms. The third kappa shape index (κ3) is 7.61. The maximum absolute atomic E-state index is 13.3. The fraction of sp³-hybridized carbons (Fsp3) is 0.444. The van der Waals surface area contributed by atoms with Gasteiger partial charge in [0.25, 0.3) is 0 Å². The topological polar surface area (TPSA) is 76.2 Å². The predicted octanol–water partition coefficient (Wildman–Crippen LogP) is 4.20. The molecule has 0 saturated carbocycles. The molecule has 0 aromatic heterocycles. The van der Waals surface area contributed by atoms with Crippen molar-refractivity contribution >= 4 is 18.0 Å². The van der Waals surface area contributed by atoms with Crippen molar-refractivity contribution in [2.24, 2.45) is 0 Å². The Hall–Kier alpha value is -3.35. The van der Waals surface area contributed by atoms with Crippen molar-refractivity contribution in [3.8, 4) is 0 Å². The quantitative estimate of drug-likeness (QED) is 0.545. The molecule has 1 saturated heterocycles. The zero-order valence-electron chi connectivity index (χ0n) is 20.2. The lowest BCUT2D eigenvalue weighted by Crippen LogP contribution is -2.56. The minimum Gasteiger partial charge on any atom is -0.459 e. The highest BCUT2D eigenvalue weighted by Crippen LogP contribution is 2.21. The third-order valence-corrected chi connectivity index (χ3v) is 5.55. The van der Waals surface area contributed by atoms with Crippen molar-refractivity contribution in [3.63, 3.8) is 0 Å². The van der Waals surface area contributed by atoms with Gasteiger partial charge in [0.15, 0.2) is 0 Å².